The Morgan fingerprint density at radius 2 is 1.97 bits per heavy atom. The Morgan fingerprint density at radius 1 is 1.24 bits per heavy atom. The maximum atomic E-state index is 15.2. The van der Waals surface area contributed by atoms with Crippen LogP contribution in [0, 0.1) is 5.82 Å². The van der Waals surface area contributed by atoms with Crippen LogP contribution >= 0.6 is 27.5 Å². The lowest BCUT2D eigenvalue weighted by molar-refractivity contribution is 0.246. The summed E-state index contributed by atoms with van der Waals surface area (Å²) in [5, 5.41) is 10.2. The molecule has 0 radical (unpaired) electrons. The summed E-state index contributed by atoms with van der Waals surface area (Å²) in [7, 11) is 4.17. The molecule has 29 heavy (non-hydrogen) atoms. The van der Waals surface area contributed by atoms with Gasteiger partial charge in [-0.3, -0.25) is 4.68 Å². The third-order valence-electron chi connectivity index (χ3n) is 6.19. The van der Waals surface area contributed by atoms with Crippen LogP contribution in [0.4, 0.5) is 10.2 Å². The highest BCUT2D eigenvalue weighted by atomic mass is 79.9. The van der Waals surface area contributed by atoms with Crippen molar-refractivity contribution in [1.29, 1.82) is 0 Å². The maximum absolute atomic E-state index is 15.2. The molecule has 154 valence electrons. The van der Waals surface area contributed by atoms with Gasteiger partial charge in [0.25, 0.3) is 0 Å². The zero-order chi connectivity index (χ0) is 20.3. The van der Waals surface area contributed by atoms with Crippen LogP contribution in [0.25, 0.3) is 21.8 Å². The number of nitrogens with one attached hydrogen (secondary N) is 1. The highest BCUT2D eigenvalue weighted by molar-refractivity contribution is 9.10. The van der Waals surface area contributed by atoms with Crippen molar-refractivity contribution in [2.24, 2.45) is 0 Å². The van der Waals surface area contributed by atoms with Crippen molar-refractivity contribution in [3.63, 3.8) is 0 Å². The van der Waals surface area contributed by atoms with Crippen LogP contribution in [0.1, 0.15) is 18.9 Å². The lowest BCUT2D eigenvalue weighted by Crippen LogP contribution is -2.57. The molecule has 0 bridgehead atoms. The first kappa shape index (κ1) is 19.5. The number of fused-ring (bicyclic) bond motifs is 3. The summed E-state index contributed by atoms with van der Waals surface area (Å²) < 4.78 is 17.5. The number of anilines is 1. The molecule has 0 amide bonds. The van der Waals surface area contributed by atoms with E-state index in [0.29, 0.717) is 16.6 Å². The van der Waals surface area contributed by atoms with E-state index in [2.05, 4.69) is 49.8 Å². The maximum Gasteiger partial charge on any atom is 0.165 e. The van der Waals surface area contributed by atoms with Gasteiger partial charge in [-0.25, -0.2) is 9.37 Å². The monoisotopic (exact) mass is 480 g/mol. The highest BCUT2D eigenvalue weighted by Gasteiger charge is 2.32. The summed E-state index contributed by atoms with van der Waals surface area (Å²) in [6.07, 6.45) is 3.88. The summed E-state index contributed by atoms with van der Waals surface area (Å²) >= 11 is 9.60. The minimum atomic E-state index is -0.418. The highest BCUT2D eigenvalue weighted by Crippen LogP contribution is 2.40. The fraction of sp³-hybridized carbons (Fsp3) is 0.500. The number of hydrogen-bond acceptors (Lipinski definition) is 5. The third kappa shape index (κ3) is 3.12. The minimum Gasteiger partial charge on any atom is -0.353 e. The number of likely N-dealkylation sites (N-methyl/N-ethyl adjacent to an activating group) is 1. The summed E-state index contributed by atoms with van der Waals surface area (Å²) in [5.41, 5.74) is 1.27. The predicted molar refractivity (Wildman–Crippen MR) is 119 cm³/mol. The van der Waals surface area contributed by atoms with Gasteiger partial charge in [0.2, 0.25) is 0 Å². The van der Waals surface area contributed by atoms with Crippen LogP contribution < -0.4 is 10.2 Å². The number of piperidine rings is 1. The van der Waals surface area contributed by atoms with E-state index in [9.17, 15) is 0 Å². The number of aromatic nitrogens is 3. The number of halogens is 3. The molecule has 0 saturated carbocycles. The molecule has 1 N–H and O–H groups in total. The molecule has 1 aromatic carbocycles. The largest absolute Gasteiger partial charge is 0.353 e. The molecule has 9 heteroatoms. The van der Waals surface area contributed by atoms with Crippen LogP contribution in [-0.2, 0) is 0 Å². The zero-order valence-electron chi connectivity index (χ0n) is 16.4. The van der Waals surface area contributed by atoms with Gasteiger partial charge in [0.1, 0.15) is 11.3 Å². The molecule has 4 heterocycles. The van der Waals surface area contributed by atoms with E-state index < -0.39 is 5.82 Å². The normalized spacial score (nSPS) is 18.9. The number of pyridine rings is 1. The second-order valence-corrected chi connectivity index (χ2v) is 9.37. The van der Waals surface area contributed by atoms with E-state index >= 15 is 4.39 Å². The molecule has 0 atom stereocenters. The summed E-state index contributed by atoms with van der Waals surface area (Å²) in [6, 6.07) is 2.56. The fourth-order valence-corrected chi connectivity index (χ4v) is 4.85. The van der Waals surface area contributed by atoms with Gasteiger partial charge in [-0.1, -0.05) is 11.6 Å². The van der Waals surface area contributed by atoms with E-state index in [4.69, 9.17) is 21.7 Å². The molecular weight excluding hydrogens is 459 g/mol. The Bertz CT molecular complexity index is 1090. The van der Waals surface area contributed by atoms with Gasteiger partial charge < -0.3 is 15.1 Å². The van der Waals surface area contributed by atoms with Gasteiger partial charge in [0.15, 0.2) is 5.82 Å². The van der Waals surface area contributed by atoms with Gasteiger partial charge in [-0.2, -0.15) is 5.10 Å². The zero-order valence-corrected chi connectivity index (χ0v) is 18.8. The molecule has 2 saturated heterocycles. The Kier molecular flexibility index (Phi) is 4.93. The molecule has 0 aliphatic carbocycles. The average molecular weight is 482 g/mol. The van der Waals surface area contributed by atoms with E-state index in [1.165, 1.54) is 0 Å². The first-order chi connectivity index (χ1) is 14.0. The van der Waals surface area contributed by atoms with E-state index in [-0.39, 0.29) is 10.5 Å². The van der Waals surface area contributed by atoms with Crippen LogP contribution in [0.3, 0.4) is 0 Å². The quantitative estimate of drug-likeness (QED) is 0.577. The Balaban J connectivity index is 1.74. The Labute approximate surface area is 182 Å². The van der Waals surface area contributed by atoms with Crippen molar-refractivity contribution in [2.75, 3.05) is 45.2 Å². The molecule has 3 aromatic rings. The number of benzene rings is 1. The third-order valence-corrected chi connectivity index (χ3v) is 7.49. The molecule has 2 fully saturated rings. The van der Waals surface area contributed by atoms with E-state index in [1.807, 2.05) is 6.20 Å². The topological polar surface area (TPSA) is 49.2 Å². The second-order valence-electron chi connectivity index (χ2n) is 8.17. The lowest BCUT2D eigenvalue weighted by Gasteiger charge is -2.43. The second kappa shape index (κ2) is 7.34. The van der Waals surface area contributed by atoms with Gasteiger partial charge in [0, 0.05) is 24.5 Å². The fourth-order valence-electron chi connectivity index (χ4n) is 4.36. The Morgan fingerprint density at radius 3 is 2.66 bits per heavy atom. The first-order valence-corrected chi connectivity index (χ1v) is 11.1. The van der Waals surface area contributed by atoms with Crippen molar-refractivity contribution in [3.8, 4) is 0 Å². The van der Waals surface area contributed by atoms with Crippen LogP contribution in [-0.4, -0.2) is 66.0 Å². The number of hydrogen-bond donors (Lipinski definition) is 1. The average Bonchev–Trinajstić information content (AvgIpc) is 3.12. The standard InChI is InChI=1S/C20H23BrClFN6/c1-27(2)12-9-28(10-12)20-14-8-25-29(11-3-5-24-6-4-11)19(14)13-7-15(22)16(21)17(23)18(13)26-20/h7-8,11-12,24H,3-6,9-10H2,1-2H3. The first-order valence-electron chi connectivity index (χ1n) is 9.92. The number of nitrogens with zero attached hydrogens (tertiary/aromatic N) is 5. The van der Waals surface area contributed by atoms with Crippen molar-refractivity contribution < 1.29 is 4.39 Å². The van der Waals surface area contributed by atoms with Crippen LogP contribution in [0.2, 0.25) is 5.02 Å². The smallest absolute Gasteiger partial charge is 0.165 e. The summed E-state index contributed by atoms with van der Waals surface area (Å²) in [5.74, 6) is 0.386. The van der Waals surface area contributed by atoms with Crippen LogP contribution in [0.15, 0.2) is 16.7 Å². The molecule has 2 aliphatic rings. The number of rotatable bonds is 3. The van der Waals surface area contributed by atoms with Gasteiger partial charge >= 0.3 is 0 Å². The molecule has 6 nitrogen and oxygen atoms in total. The van der Waals surface area contributed by atoms with Crippen molar-refractivity contribution in [1.82, 2.24) is 25.0 Å². The SMILES string of the molecule is CN(C)C1CN(c2nc3c(F)c(Br)c(Cl)cc3c3c2cnn3C2CCNCC2)C1. The van der Waals surface area contributed by atoms with Crippen molar-refractivity contribution in [3.05, 3.63) is 27.6 Å². The predicted octanol–water partition coefficient (Wildman–Crippen LogP) is 3.81. The van der Waals surface area contributed by atoms with Gasteiger partial charge in [-0.05, 0) is 62.0 Å². The molecule has 5 rings (SSSR count). The van der Waals surface area contributed by atoms with Crippen LogP contribution in [0.5, 0.6) is 0 Å². The molecule has 0 unspecified atom stereocenters. The molecule has 2 aromatic heterocycles. The minimum absolute atomic E-state index is 0.257. The van der Waals surface area contributed by atoms with E-state index in [0.717, 1.165) is 61.1 Å². The van der Waals surface area contributed by atoms with Gasteiger partial charge in [0.05, 0.1) is 32.6 Å². The summed E-state index contributed by atoms with van der Waals surface area (Å²) in [4.78, 5) is 9.18. The van der Waals surface area contributed by atoms with Crippen molar-refractivity contribution >= 4 is 55.2 Å². The van der Waals surface area contributed by atoms with Crippen molar-refractivity contribution in [2.45, 2.75) is 24.9 Å². The molecule has 2 aliphatic heterocycles. The van der Waals surface area contributed by atoms with Gasteiger partial charge in [-0.15, -0.1) is 0 Å². The summed E-state index contributed by atoms with van der Waals surface area (Å²) in [6.45, 7) is 3.66. The Hall–Kier alpha value is -1.48. The lowest BCUT2D eigenvalue weighted by atomic mass is 10.0. The van der Waals surface area contributed by atoms with E-state index in [1.54, 1.807) is 6.07 Å². The molecular formula is C20H23BrClFN6. The molecule has 0 spiro atoms.